The molecule has 1 aromatic rings. The van der Waals surface area contributed by atoms with Crippen molar-refractivity contribution in [2.45, 2.75) is 25.8 Å². The number of piperidine rings is 1. The fourth-order valence-electron chi connectivity index (χ4n) is 2.28. The number of hydrogen-bond acceptors (Lipinski definition) is 7. The smallest absolute Gasteiger partial charge is 0.353 e. The Morgan fingerprint density at radius 1 is 1.48 bits per heavy atom. The van der Waals surface area contributed by atoms with Gasteiger partial charge in [-0.25, -0.2) is 9.97 Å². The zero-order chi connectivity index (χ0) is 15.4. The van der Waals surface area contributed by atoms with Crippen LogP contribution in [0.25, 0.3) is 0 Å². The molecule has 1 unspecified atom stereocenters. The predicted octanol–water partition coefficient (Wildman–Crippen LogP) is 0.849. The zero-order valence-corrected chi connectivity index (χ0v) is 12.0. The van der Waals surface area contributed by atoms with E-state index in [0.29, 0.717) is 25.9 Å². The number of amides is 1. The minimum Gasteiger partial charge on any atom is -0.364 e. The number of likely N-dealkylation sites (N-methyl/N-ethyl adjacent to an activating group) is 1. The minimum atomic E-state index is -0.502. The van der Waals surface area contributed by atoms with E-state index in [9.17, 15) is 14.9 Å². The molecule has 1 atom stereocenters. The Balaban J connectivity index is 2.21. The van der Waals surface area contributed by atoms with E-state index in [0.717, 1.165) is 0 Å². The van der Waals surface area contributed by atoms with Gasteiger partial charge in [0.05, 0.1) is 4.92 Å². The van der Waals surface area contributed by atoms with Crippen LogP contribution in [-0.2, 0) is 4.79 Å². The van der Waals surface area contributed by atoms with Crippen LogP contribution < -0.4 is 10.6 Å². The van der Waals surface area contributed by atoms with Crippen molar-refractivity contribution in [2.75, 3.05) is 30.8 Å². The van der Waals surface area contributed by atoms with E-state index in [1.54, 1.807) is 11.9 Å². The Morgan fingerprint density at radius 2 is 2.19 bits per heavy atom. The Labute approximate surface area is 121 Å². The molecule has 1 aliphatic rings. The number of nitro groups is 1. The topological polar surface area (TPSA) is 113 Å². The molecule has 0 bridgehead atoms. The lowest BCUT2D eigenvalue weighted by molar-refractivity contribution is -0.383. The molecule has 21 heavy (non-hydrogen) atoms. The standard InChI is InChI=1S/C12H18N6O3/c1-3-13-11-10(18(20)21)12(15-7-14-11)16-8-4-5-9(19)17(2)6-8/h7-8H,3-6H2,1-2H3,(H2,13,14,15,16). The molecule has 0 aromatic carbocycles. The molecule has 2 heterocycles. The SMILES string of the molecule is CCNc1ncnc(NC2CCC(=O)N(C)C2)c1[N+](=O)[O-]. The largest absolute Gasteiger partial charge is 0.364 e. The third kappa shape index (κ3) is 3.36. The predicted molar refractivity (Wildman–Crippen MR) is 77.1 cm³/mol. The van der Waals surface area contributed by atoms with Gasteiger partial charge in [-0.2, -0.15) is 0 Å². The second-order valence-corrected chi connectivity index (χ2v) is 4.86. The highest BCUT2D eigenvalue weighted by atomic mass is 16.6. The minimum absolute atomic E-state index is 0.0595. The van der Waals surface area contributed by atoms with Crippen LogP contribution in [0.15, 0.2) is 6.33 Å². The number of likely N-dealkylation sites (tertiary alicyclic amines) is 1. The molecule has 114 valence electrons. The second kappa shape index (κ2) is 6.33. The van der Waals surface area contributed by atoms with E-state index in [1.165, 1.54) is 6.33 Å². The number of nitrogens with one attached hydrogen (secondary N) is 2. The molecule has 1 fully saturated rings. The third-order valence-corrected chi connectivity index (χ3v) is 3.32. The van der Waals surface area contributed by atoms with Crippen molar-refractivity contribution in [3.63, 3.8) is 0 Å². The van der Waals surface area contributed by atoms with Crippen LogP contribution in [0.2, 0.25) is 0 Å². The van der Waals surface area contributed by atoms with E-state index in [4.69, 9.17) is 0 Å². The first-order valence-corrected chi connectivity index (χ1v) is 6.76. The van der Waals surface area contributed by atoms with Crippen LogP contribution >= 0.6 is 0 Å². The fourth-order valence-corrected chi connectivity index (χ4v) is 2.28. The molecule has 0 aliphatic carbocycles. The monoisotopic (exact) mass is 294 g/mol. The highest BCUT2D eigenvalue weighted by Crippen LogP contribution is 2.30. The summed E-state index contributed by atoms with van der Waals surface area (Å²) in [5, 5.41) is 17.2. The molecular formula is C12H18N6O3. The maximum Gasteiger partial charge on any atom is 0.353 e. The zero-order valence-electron chi connectivity index (χ0n) is 12.0. The number of carbonyl (C=O) groups is 1. The number of anilines is 2. The normalized spacial score (nSPS) is 18.5. The summed E-state index contributed by atoms with van der Waals surface area (Å²) in [6, 6.07) is -0.0595. The van der Waals surface area contributed by atoms with Crippen LogP contribution in [0.3, 0.4) is 0 Å². The van der Waals surface area contributed by atoms with Crippen molar-refractivity contribution >= 4 is 23.2 Å². The van der Waals surface area contributed by atoms with Gasteiger partial charge in [0.25, 0.3) is 0 Å². The van der Waals surface area contributed by atoms with Gasteiger partial charge in [0.1, 0.15) is 6.33 Å². The summed E-state index contributed by atoms with van der Waals surface area (Å²) in [5.74, 6) is 0.456. The summed E-state index contributed by atoms with van der Waals surface area (Å²) in [5.41, 5.74) is -0.168. The highest BCUT2D eigenvalue weighted by Gasteiger charge is 2.28. The van der Waals surface area contributed by atoms with Gasteiger partial charge < -0.3 is 15.5 Å². The first-order chi connectivity index (χ1) is 10.0. The van der Waals surface area contributed by atoms with Gasteiger partial charge >= 0.3 is 5.69 Å². The van der Waals surface area contributed by atoms with E-state index >= 15 is 0 Å². The Bertz CT molecular complexity index is 550. The number of aromatic nitrogens is 2. The Kier molecular flexibility index (Phi) is 4.51. The molecule has 9 nitrogen and oxygen atoms in total. The maximum absolute atomic E-state index is 11.5. The molecule has 1 saturated heterocycles. The first kappa shape index (κ1) is 14.9. The average Bonchev–Trinajstić information content (AvgIpc) is 2.43. The van der Waals surface area contributed by atoms with Crippen molar-refractivity contribution in [1.29, 1.82) is 0 Å². The van der Waals surface area contributed by atoms with E-state index in [2.05, 4.69) is 20.6 Å². The molecule has 0 saturated carbocycles. The lowest BCUT2D eigenvalue weighted by Gasteiger charge is -2.30. The third-order valence-electron chi connectivity index (χ3n) is 3.32. The highest BCUT2D eigenvalue weighted by molar-refractivity contribution is 5.77. The van der Waals surface area contributed by atoms with Crippen molar-refractivity contribution in [1.82, 2.24) is 14.9 Å². The summed E-state index contributed by atoms with van der Waals surface area (Å²) < 4.78 is 0. The molecular weight excluding hydrogens is 276 g/mol. The number of carbonyl (C=O) groups excluding carboxylic acids is 1. The van der Waals surface area contributed by atoms with Crippen molar-refractivity contribution in [3.8, 4) is 0 Å². The van der Waals surface area contributed by atoms with E-state index in [1.807, 2.05) is 6.92 Å². The summed E-state index contributed by atoms with van der Waals surface area (Å²) in [6.45, 7) is 2.86. The van der Waals surface area contributed by atoms with Gasteiger partial charge in [0.15, 0.2) is 0 Å². The van der Waals surface area contributed by atoms with E-state index in [-0.39, 0.29) is 29.3 Å². The summed E-state index contributed by atoms with van der Waals surface area (Å²) >= 11 is 0. The van der Waals surface area contributed by atoms with Crippen LogP contribution in [0.5, 0.6) is 0 Å². The fraction of sp³-hybridized carbons (Fsp3) is 0.583. The van der Waals surface area contributed by atoms with Crippen LogP contribution in [-0.4, -0.2) is 51.9 Å². The van der Waals surface area contributed by atoms with Gasteiger partial charge in [-0.05, 0) is 13.3 Å². The summed E-state index contributed by atoms with van der Waals surface area (Å²) in [6.07, 6.45) is 2.33. The van der Waals surface area contributed by atoms with Crippen molar-refractivity contribution in [3.05, 3.63) is 16.4 Å². The molecule has 1 amide bonds. The molecule has 1 aliphatic heterocycles. The molecule has 9 heteroatoms. The van der Waals surface area contributed by atoms with Crippen molar-refractivity contribution in [2.24, 2.45) is 0 Å². The first-order valence-electron chi connectivity index (χ1n) is 6.76. The lowest BCUT2D eigenvalue weighted by atomic mass is 10.1. The Hall–Kier alpha value is -2.45. The van der Waals surface area contributed by atoms with Crippen LogP contribution in [0, 0.1) is 10.1 Å². The Morgan fingerprint density at radius 3 is 2.81 bits per heavy atom. The summed E-state index contributed by atoms with van der Waals surface area (Å²) in [4.78, 5) is 31.7. The van der Waals surface area contributed by atoms with Gasteiger partial charge in [0.2, 0.25) is 17.5 Å². The molecule has 0 radical (unpaired) electrons. The van der Waals surface area contributed by atoms with Crippen LogP contribution in [0.1, 0.15) is 19.8 Å². The average molecular weight is 294 g/mol. The van der Waals surface area contributed by atoms with Gasteiger partial charge in [-0.15, -0.1) is 0 Å². The molecule has 1 aromatic heterocycles. The quantitative estimate of drug-likeness (QED) is 0.611. The van der Waals surface area contributed by atoms with Crippen LogP contribution in [0.4, 0.5) is 17.3 Å². The number of nitrogens with zero attached hydrogens (tertiary/aromatic N) is 4. The van der Waals surface area contributed by atoms with Crippen molar-refractivity contribution < 1.29 is 9.72 Å². The number of rotatable bonds is 5. The number of hydrogen-bond donors (Lipinski definition) is 2. The molecule has 2 rings (SSSR count). The summed E-state index contributed by atoms with van der Waals surface area (Å²) in [7, 11) is 1.72. The van der Waals surface area contributed by atoms with Gasteiger partial charge in [-0.1, -0.05) is 0 Å². The molecule has 2 N–H and O–H groups in total. The molecule has 0 spiro atoms. The van der Waals surface area contributed by atoms with Gasteiger partial charge in [-0.3, -0.25) is 14.9 Å². The second-order valence-electron chi connectivity index (χ2n) is 4.86. The maximum atomic E-state index is 11.5. The van der Waals surface area contributed by atoms with E-state index < -0.39 is 4.92 Å². The van der Waals surface area contributed by atoms with Gasteiger partial charge in [0, 0.05) is 32.6 Å². The lowest BCUT2D eigenvalue weighted by Crippen LogP contribution is -2.43.